The average molecular weight is 522 g/mol. The third-order valence-electron chi connectivity index (χ3n) is 3.22. The zero-order valence-corrected chi connectivity index (χ0v) is 23.9. The van der Waals surface area contributed by atoms with Gasteiger partial charge in [-0.2, -0.15) is 0 Å². The third kappa shape index (κ3) is 53.9. The molecule has 0 amide bonds. The molecule has 3 atom stereocenters. The van der Waals surface area contributed by atoms with Crippen molar-refractivity contribution in [3.63, 3.8) is 0 Å². The van der Waals surface area contributed by atoms with Crippen LogP contribution in [0.3, 0.4) is 0 Å². The molecule has 0 aliphatic rings. The van der Waals surface area contributed by atoms with Gasteiger partial charge in [-0.3, -0.25) is 0 Å². The number of unbranched alkanes of at least 4 members (excludes halogenated alkanes) is 6. The fraction of sp³-hybridized carbons (Fsp3) is 1.00. The van der Waals surface area contributed by atoms with Gasteiger partial charge in [0.25, 0.3) is 0 Å². The number of rotatable bonds is 15. The van der Waals surface area contributed by atoms with Gasteiger partial charge in [0.2, 0.25) is 0 Å². The summed E-state index contributed by atoms with van der Waals surface area (Å²) in [4.78, 5) is 31.2. The Hall–Kier alpha value is 0.982. The van der Waals surface area contributed by atoms with Crippen LogP contribution in [0.2, 0.25) is 0 Å². The van der Waals surface area contributed by atoms with E-state index >= 15 is 0 Å². The van der Waals surface area contributed by atoms with Gasteiger partial charge in [0.15, 0.2) is 0 Å². The van der Waals surface area contributed by atoms with Crippen molar-refractivity contribution in [2.24, 2.45) is 0 Å². The summed E-state index contributed by atoms with van der Waals surface area (Å²) in [5.74, 6) is 0. The van der Waals surface area contributed by atoms with Crippen LogP contribution in [0.4, 0.5) is 0 Å². The monoisotopic (exact) mass is 522 g/mol. The van der Waals surface area contributed by atoms with Crippen molar-refractivity contribution in [2.75, 3.05) is 39.8 Å². The molecule has 0 heterocycles. The first-order valence-electron chi connectivity index (χ1n) is 10.5. The third-order valence-corrected chi connectivity index (χ3v) is 5.18. The van der Waals surface area contributed by atoms with E-state index in [0.717, 1.165) is 77.8 Å². The number of hydrogen-bond acceptors (Lipinski definition) is 9. The number of hydrogen-bond donors (Lipinski definition) is 0. The second-order valence-electron chi connectivity index (χ2n) is 6.93. The Kier molecular flexibility index (Phi) is 30.5. The summed E-state index contributed by atoms with van der Waals surface area (Å²) in [6.45, 7) is 10.5. The van der Waals surface area contributed by atoms with E-state index in [4.69, 9.17) is 0 Å². The average Bonchev–Trinajstić information content (AvgIpc) is 2.58. The molecule has 3 unspecified atom stereocenters. The molecule has 186 valence electrons. The minimum atomic E-state index is -3.46. The van der Waals surface area contributed by atoms with Gasteiger partial charge >= 0.3 is 17.4 Å². The summed E-state index contributed by atoms with van der Waals surface area (Å²) in [7, 11) is -10.4. The van der Waals surface area contributed by atoms with E-state index in [0.29, 0.717) is 19.8 Å². The topological polar surface area (TPSA) is 148 Å². The van der Waals surface area contributed by atoms with Crippen LogP contribution in [-0.4, -0.2) is 57.2 Å². The van der Waals surface area contributed by atoms with Crippen LogP contribution in [0.5, 0.6) is 0 Å². The van der Waals surface area contributed by atoms with E-state index in [2.05, 4.69) is 34.3 Å². The molecule has 0 N–H and O–H groups in total. The van der Waals surface area contributed by atoms with E-state index in [1.54, 1.807) is 0 Å². The molecule has 0 aliphatic heterocycles. The molecule has 0 aromatic rings. The molecule has 0 fully saturated rings. The standard InChI is InChI=1S/3C6H15O3P.Al/c3*1-3-4-5-6-9-10(2,7)8;/h3*3-6H2,1-2H3,(H,7,8);/q;;;+3/p-3. The molecule has 0 aromatic heterocycles. The van der Waals surface area contributed by atoms with Crippen LogP contribution >= 0.6 is 22.8 Å². The van der Waals surface area contributed by atoms with Crippen molar-refractivity contribution in [3.8, 4) is 0 Å². The maximum atomic E-state index is 10.4. The Morgan fingerprint density at radius 2 is 0.710 bits per heavy atom. The normalized spacial score (nSPS) is 16.2. The van der Waals surface area contributed by atoms with Crippen LogP contribution in [0.25, 0.3) is 0 Å². The van der Waals surface area contributed by atoms with Crippen molar-refractivity contribution < 1.29 is 41.9 Å². The van der Waals surface area contributed by atoms with Crippen molar-refractivity contribution in [3.05, 3.63) is 0 Å². The Bertz CT molecular complexity index is 432. The van der Waals surface area contributed by atoms with E-state index in [-0.39, 0.29) is 17.4 Å². The smallest absolute Gasteiger partial charge is 0.779 e. The van der Waals surface area contributed by atoms with Crippen LogP contribution in [0.15, 0.2) is 0 Å². The molecule has 0 aromatic carbocycles. The van der Waals surface area contributed by atoms with Crippen molar-refractivity contribution in [2.45, 2.75) is 78.6 Å². The van der Waals surface area contributed by atoms with Gasteiger partial charge in [-0.05, 0) is 19.3 Å². The first kappa shape index (κ1) is 39.2. The molecule has 31 heavy (non-hydrogen) atoms. The minimum absolute atomic E-state index is 0. The molecule has 0 bridgehead atoms. The van der Waals surface area contributed by atoms with Crippen molar-refractivity contribution in [1.82, 2.24) is 0 Å². The van der Waals surface area contributed by atoms with E-state index in [1.807, 2.05) is 0 Å². The zero-order chi connectivity index (χ0) is 24.1. The minimum Gasteiger partial charge on any atom is -0.779 e. The fourth-order valence-electron chi connectivity index (χ4n) is 1.75. The van der Waals surface area contributed by atoms with E-state index in [1.165, 1.54) is 0 Å². The summed E-state index contributed by atoms with van der Waals surface area (Å²) in [5.41, 5.74) is 0. The fourth-order valence-corrected chi connectivity index (χ4v) is 3.13. The zero-order valence-electron chi connectivity index (χ0n) is 20.1. The first-order chi connectivity index (χ1) is 13.7. The maximum absolute atomic E-state index is 10.4. The summed E-state index contributed by atoms with van der Waals surface area (Å²) < 4.78 is 44.8. The van der Waals surface area contributed by atoms with Crippen LogP contribution in [0, 0.1) is 0 Å². The molecule has 0 spiro atoms. The predicted molar refractivity (Wildman–Crippen MR) is 123 cm³/mol. The van der Waals surface area contributed by atoms with Crippen molar-refractivity contribution >= 4 is 40.1 Å². The maximum Gasteiger partial charge on any atom is 3.00 e. The molecular weight excluding hydrogens is 480 g/mol. The second kappa shape index (κ2) is 24.1. The van der Waals surface area contributed by atoms with Gasteiger partial charge in [0, 0.05) is 20.0 Å². The summed E-state index contributed by atoms with van der Waals surface area (Å²) >= 11 is 0. The second-order valence-corrected chi connectivity index (χ2v) is 12.3. The first-order valence-corrected chi connectivity index (χ1v) is 16.4. The van der Waals surface area contributed by atoms with Gasteiger partial charge < -0.3 is 41.9 Å². The van der Waals surface area contributed by atoms with Crippen LogP contribution in [0.1, 0.15) is 78.6 Å². The van der Waals surface area contributed by atoms with Gasteiger partial charge in [-0.15, -0.1) is 0 Å². The molecule has 0 saturated carbocycles. The van der Waals surface area contributed by atoms with Crippen molar-refractivity contribution in [1.29, 1.82) is 0 Å². The Morgan fingerprint density at radius 1 is 0.516 bits per heavy atom. The van der Waals surface area contributed by atoms with Gasteiger partial charge in [-0.25, -0.2) is 0 Å². The predicted octanol–water partition coefficient (Wildman–Crippen LogP) is 3.75. The van der Waals surface area contributed by atoms with Crippen LogP contribution < -0.4 is 14.7 Å². The molecule has 0 saturated heterocycles. The SMILES string of the molecule is CCCCCOP(C)(=O)[O-].CCCCCOP(C)(=O)[O-].CCCCCOP(C)(=O)[O-].[Al+3]. The summed E-state index contributed by atoms with van der Waals surface area (Å²) in [5, 5.41) is 0. The van der Waals surface area contributed by atoms with E-state index in [9.17, 15) is 28.4 Å². The molecule has 0 radical (unpaired) electrons. The Labute approximate surface area is 200 Å². The summed E-state index contributed by atoms with van der Waals surface area (Å²) in [6, 6.07) is 0. The quantitative estimate of drug-likeness (QED) is 0.178. The largest absolute Gasteiger partial charge is 3.00 e. The molecular formula is C18H42AlO9P3. The molecule has 0 aliphatic carbocycles. The molecule has 13 heteroatoms. The molecule has 9 nitrogen and oxygen atoms in total. The Morgan fingerprint density at radius 3 is 0.839 bits per heavy atom. The van der Waals surface area contributed by atoms with E-state index < -0.39 is 22.8 Å². The Balaban J connectivity index is -0.000000174. The summed E-state index contributed by atoms with van der Waals surface area (Å²) in [6.07, 6.45) is 8.81. The molecule has 0 rings (SSSR count). The van der Waals surface area contributed by atoms with Gasteiger partial charge in [0.1, 0.15) is 22.8 Å². The van der Waals surface area contributed by atoms with Crippen LogP contribution in [-0.2, 0) is 27.3 Å². The van der Waals surface area contributed by atoms with Gasteiger partial charge in [0.05, 0.1) is 19.8 Å². The van der Waals surface area contributed by atoms with Gasteiger partial charge in [-0.1, -0.05) is 59.3 Å².